The molecule has 3 nitrogen and oxygen atoms in total. The van der Waals surface area contributed by atoms with Crippen LogP contribution in [0.4, 0.5) is 4.39 Å². The number of carbonyl (C=O) groups excluding carboxylic acids is 1. The van der Waals surface area contributed by atoms with Crippen molar-refractivity contribution in [2.24, 2.45) is 5.92 Å². The summed E-state index contributed by atoms with van der Waals surface area (Å²) in [6.45, 7) is 0.0643. The molecule has 2 bridgehead atoms. The number of piperidine rings is 1. The second kappa shape index (κ2) is 6.75. The first kappa shape index (κ1) is 16.5. The molecule has 0 N–H and O–H groups in total. The molecule has 0 spiro atoms. The first-order valence-electron chi connectivity index (χ1n) is 9.11. The van der Waals surface area contributed by atoms with Crippen LogP contribution in [0.5, 0.6) is 0 Å². The third-order valence-corrected chi connectivity index (χ3v) is 6.08. The molecule has 2 aliphatic heterocycles. The van der Waals surface area contributed by atoms with E-state index in [4.69, 9.17) is 4.74 Å². The molecule has 0 saturated carbocycles. The quantitative estimate of drug-likeness (QED) is 0.790. The predicted molar refractivity (Wildman–Crippen MR) is 96.3 cm³/mol. The van der Waals surface area contributed by atoms with Gasteiger partial charge in [-0.1, -0.05) is 42.5 Å². The zero-order valence-electron chi connectivity index (χ0n) is 14.5. The van der Waals surface area contributed by atoms with Crippen LogP contribution in [0.25, 0.3) is 10.8 Å². The van der Waals surface area contributed by atoms with Gasteiger partial charge < -0.3 is 4.74 Å². The fourth-order valence-electron chi connectivity index (χ4n) is 5.00. The van der Waals surface area contributed by atoms with E-state index < -0.39 is 0 Å². The van der Waals surface area contributed by atoms with E-state index in [0.29, 0.717) is 12.6 Å². The Balaban J connectivity index is 1.72. The minimum atomic E-state index is -0.360. The number of nitrogens with zero attached hydrogens (tertiary/aromatic N) is 1. The van der Waals surface area contributed by atoms with Crippen LogP contribution in [0, 0.1) is 5.92 Å². The lowest BCUT2D eigenvalue weighted by Gasteiger charge is -2.43. The molecule has 2 aliphatic rings. The molecule has 4 atom stereocenters. The maximum Gasteiger partial charge on any atom is 0.310 e. The van der Waals surface area contributed by atoms with E-state index >= 15 is 0 Å². The SMILES string of the molecule is COC(=O)[C@H]1[C@@H](c2ccc3ccccc3c2)C[C@@H]2CC[C@H]1N2CCF. The van der Waals surface area contributed by atoms with E-state index in [0.717, 1.165) is 19.3 Å². The molecular formula is C21H24FNO2. The first-order valence-corrected chi connectivity index (χ1v) is 9.11. The summed E-state index contributed by atoms with van der Waals surface area (Å²) in [6, 6.07) is 15.2. The maximum atomic E-state index is 13.0. The largest absolute Gasteiger partial charge is 0.469 e. The van der Waals surface area contributed by atoms with E-state index in [9.17, 15) is 9.18 Å². The van der Waals surface area contributed by atoms with Gasteiger partial charge in [0.2, 0.25) is 0 Å². The van der Waals surface area contributed by atoms with Crippen LogP contribution in [0.2, 0.25) is 0 Å². The van der Waals surface area contributed by atoms with Crippen molar-refractivity contribution in [2.45, 2.75) is 37.3 Å². The van der Waals surface area contributed by atoms with Gasteiger partial charge in [-0.25, -0.2) is 4.39 Å². The van der Waals surface area contributed by atoms with Gasteiger partial charge in [0.15, 0.2) is 0 Å². The number of ether oxygens (including phenoxy) is 1. The van der Waals surface area contributed by atoms with Crippen LogP contribution in [0.3, 0.4) is 0 Å². The van der Waals surface area contributed by atoms with E-state index in [1.807, 2.05) is 12.1 Å². The summed E-state index contributed by atoms with van der Waals surface area (Å²) in [4.78, 5) is 14.8. The molecule has 0 amide bonds. The molecule has 2 heterocycles. The number of halogens is 1. The van der Waals surface area contributed by atoms with Crippen molar-refractivity contribution in [3.05, 3.63) is 48.0 Å². The van der Waals surface area contributed by atoms with E-state index in [1.54, 1.807) is 0 Å². The number of hydrogen-bond acceptors (Lipinski definition) is 3. The van der Waals surface area contributed by atoms with Crippen molar-refractivity contribution in [3.63, 3.8) is 0 Å². The molecule has 2 saturated heterocycles. The van der Waals surface area contributed by atoms with E-state index in [1.165, 1.54) is 23.4 Å². The second-order valence-corrected chi connectivity index (χ2v) is 7.22. The Labute approximate surface area is 147 Å². The Kier molecular flexibility index (Phi) is 4.46. The Hall–Kier alpha value is -1.94. The number of rotatable bonds is 4. The van der Waals surface area contributed by atoms with Crippen molar-refractivity contribution in [3.8, 4) is 0 Å². The molecule has 2 aromatic carbocycles. The van der Waals surface area contributed by atoms with E-state index in [-0.39, 0.29) is 30.5 Å². The third kappa shape index (κ3) is 2.82. The summed E-state index contributed by atoms with van der Waals surface area (Å²) in [6.07, 6.45) is 2.89. The van der Waals surface area contributed by atoms with Crippen molar-refractivity contribution >= 4 is 16.7 Å². The van der Waals surface area contributed by atoms with Crippen molar-refractivity contribution in [1.82, 2.24) is 4.90 Å². The Bertz CT molecular complexity index is 777. The summed E-state index contributed by atoms with van der Waals surface area (Å²) in [5, 5.41) is 2.40. The second-order valence-electron chi connectivity index (χ2n) is 7.22. The lowest BCUT2D eigenvalue weighted by atomic mass is 9.75. The molecule has 4 heteroatoms. The number of alkyl halides is 1. The zero-order chi connectivity index (χ0) is 17.4. The molecule has 2 aromatic rings. The number of methoxy groups -OCH3 is 1. The smallest absolute Gasteiger partial charge is 0.310 e. The average Bonchev–Trinajstić information content (AvgIpc) is 2.92. The third-order valence-electron chi connectivity index (χ3n) is 6.08. The van der Waals surface area contributed by atoms with Crippen LogP contribution < -0.4 is 0 Å². The highest BCUT2D eigenvalue weighted by molar-refractivity contribution is 5.83. The molecule has 4 rings (SSSR count). The van der Waals surface area contributed by atoms with Gasteiger partial charge in [-0.2, -0.15) is 0 Å². The monoisotopic (exact) mass is 341 g/mol. The van der Waals surface area contributed by atoms with Crippen LogP contribution in [0.15, 0.2) is 42.5 Å². The summed E-state index contributed by atoms with van der Waals surface area (Å²) in [5.41, 5.74) is 1.20. The molecule has 0 radical (unpaired) electrons. The lowest BCUT2D eigenvalue weighted by Crippen LogP contribution is -2.51. The minimum Gasteiger partial charge on any atom is -0.469 e. The number of esters is 1. The van der Waals surface area contributed by atoms with Crippen LogP contribution in [-0.4, -0.2) is 43.3 Å². The normalized spacial score (nSPS) is 29.0. The first-order chi connectivity index (χ1) is 12.2. The van der Waals surface area contributed by atoms with Crippen LogP contribution in [-0.2, 0) is 9.53 Å². The molecule has 0 unspecified atom stereocenters. The fraction of sp³-hybridized carbons (Fsp3) is 0.476. The lowest BCUT2D eigenvalue weighted by molar-refractivity contribution is -0.150. The predicted octanol–water partition coefficient (Wildman–Crippen LogP) is 3.92. The molecule has 2 fully saturated rings. The van der Waals surface area contributed by atoms with Gasteiger partial charge in [-0.3, -0.25) is 9.69 Å². The number of fused-ring (bicyclic) bond motifs is 3. The molecule has 0 aliphatic carbocycles. The van der Waals surface area contributed by atoms with Gasteiger partial charge in [-0.05, 0) is 35.6 Å². The highest BCUT2D eigenvalue weighted by atomic mass is 19.1. The summed E-state index contributed by atoms with van der Waals surface area (Å²) < 4.78 is 18.1. The number of carbonyl (C=O) groups is 1. The topological polar surface area (TPSA) is 29.5 Å². The van der Waals surface area contributed by atoms with Crippen molar-refractivity contribution in [2.75, 3.05) is 20.3 Å². The Morgan fingerprint density at radius 3 is 2.76 bits per heavy atom. The van der Waals surface area contributed by atoms with E-state index in [2.05, 4.69) is 35.2 Å². The molecule has 0 aromatic heterocycles. The highest BCUT2D eigenvalue weighted by Crippen LogP contribution is 2.47. The molecular weight excluding hydrogens is 317 g/mol. The van der Waals surface area contributed by atoms with Gasteiger partial charge in [0.05, 0.1) is 13.0 Å². The zero-order valence-corrected chi connectivity index (χ0v) is 14.5. The van der Waals surface area contributed by atoms with Crippen molar-refractivity contribution < 1.29 is 13.9 Å². The average molecular weight is 341 g/mol. The number of benzene rings is 2. The Morgan fingerprint density at radius 2 is 2.00 bits per heavy atom. The summed E-state index contributed by atoms with van der Waals surface area (Å²) >= 11 is 0. The van der Waals surface area contributed by atoms with Gasteiger partial charge in [0.1, 0.15) is 6.67 Å². The molecule has 25 heavy (non-hydrogen) atoms. The van der Waals surface area contributed by atoms with Crippen LogP contribution >= 0.6 is 0 Å². The highest BCUT2D eigenvalue weighted by Gasteiger charge is 2.50. The van der Waals surface area contributed by atoms with Crippen LogP contribution in [0.1, 0.15) is 30.7 Å². The van der Waals surface area contributed by atoms with Gasteiger partial charge in [0.25, 0.3) is 0 Å². The maximum absolute atomic E-state index is 13.0. The van der Waals surface area contributed by atoms with Gasteiger partial charge >= 0.3 is 5.97 Å². The summed E-state index contributed by atoms with van der Waals surface area (Å²) in [5.74, 6) is -0.228. The summed E-state index contributed by atoms with van der Waals surface area (Å²) in [7, 11) is 1.46. The standard InChI is InChI=1S/C21H24FNO2/c1-25-21(24)20-18(13-17-8-9-19(20)23(17)11-10-22)16-7-6-14-4-2-3-5-15(14)12-16/h2-7,12,17-20H,8-11,13H2,1H3/t17-,18+,19+,20-/m0/s1. The molecule has 132 valence electrons. The van der Waals surface area contributed by atoms with Crippen molar-refractivity contribution in [1.29, 1.82) is 0 Å². The number of hydrogen-bond donors (Lipinski definition) is 0. The Morgan fingerprint density at radius 1 is 1.20 bits per heavy atom. The fourth-order valence-corrected chi connectivity index (χ4v) is 5.00. The van der Waals surface area contributed by atoms with Gasteiger partial charge in [-0.15, -0.1) is 0 Å². The minimum absolute atomic E-state index is 0.0958. The van der Waals surface area contributed by atoms with Gasteiger partial charge in [0, 0.05) is 24.5 Å².